The van der Waals surface area contributed by atoms with Crippen molar-refractivity contribution >= 4 is 5.91 Å². The van der Waals surface area contributed by atoms with Crippen molar-refractivity contribution in [3.8, 4) is 5.75 Å². The van der Waals surface area contributed by atoms with Gasteiger partial charge in [-0.05, 0) is 42.0 Å². The largest absolute Gasteiger partial charge is 0.496 e. The Morgan fingerprint density at radius 2 is 1.66 bits per heavy atom. The van der Waals surface area contributed by atoms with E-state index in [2.05, 4.69) is 73.4 Å². The van der Waals surface area contributed by atoms with Crippen LogP contribution in [-0.2, 0) is 29.6 Å². The van der Waals surface area contributed by atoms with Gasteiger partial charge in [-0.3, -0.25) is 4.79 Å². The van der Waals surface area contributed by atoms with Gasteiger partial charge < -0.3 is 15.0 Å². The first kappa shape index (κ1) is 24.6. The van der Waals surface area contributed by atoms with Crippen molar-refractivity contribution in [3.63, 3.8) is 0 Å². The minimum absolute atomic E-state index is 0.201. The number of carbonyl (C=O) groups is 1. The molecule has 35 heavy (non-hydrogen) atoms. The van der Waals surface area contributed by atoms with Gasteiger partial charge in [-0.25, -0.2) is 0 Å². The second kappa shape index (κ2) is 11.3. The minimum atomic E-state index is -0.220. The second-order valence-electron chi connectivity index (χ2n) is 9.32. The molecule has 1 aliphatic rings. The van der Waals surface area contributed by atoms with Crippen LogP contribution in [0.4, 0.5) is 0 Å². The van der Waals surface area contributed by atoms with Gasteiger partial charge in [0.15, 0.2) is 0 Å². The first-order chi connectivity index (χ1) is 17.1. The molecule has 0 atom stereocenters. The Hall–Kier alpha value is -3.53. The monoisotopic (exact) mass is 468 g/mol. The van der Waals surface area contributed by atoms with Crippen LogP contribution in [0, 0.1) is 0 Å². The molecule has 1 N–H and O–H groups in total. The van der Waals surface area contributed by atoms with E-state index in [1.807, 2.05) is 29.2 Å². The van der Waals surface area contributed by atoms with Crippen LogP contribution < -0.4 is 10.1 Å². The molecule has 0 aliphatic carbocycles. The van der Waals surface area contributed by atoms with Crippen LogP contribution in [0.5, 0.6) is 5.75 Å². The zero-order valence-electron chi connectivity index (χ0n) is 20.9. The first-order valence-corrected chi connectivity index (χ1v) is 12.5. The third-order valence-corrected chi connectivity index (χ3v) is 7.31. The minimum Gasteiger partial charge on any atom is -0.496 e. The number of nitrogens with zero attached hydrogens (tertiary/aromatic N) is 1. The summed E-state index contributed by atoms with van der Waals surface area (Å²) in [6, 6.07) is 27.0. The summed E-state index contributed by atoms with van der Waals surface area (Å²) < 4.78 is 5.52. The molecule has 182 valence electrons. The Bertz CT molecular complexity index is 1150. The van der Waals surface area contributed by atoms with E-state index >= 15 is 0 Å². The topological polar surface area (TPSA) is 41.6 Å². The molecule has 0 spiro atoms. The Kier molecular flexibility index (Phi) is 7.91. The Balaban J connectivity index is 1.47. The molecule has 0 unspecified atom stereocenters. The van der Waals surface area contributed by atoms with Crippen LogP contribution in [0.1, 0.15) is 42.0 Å². The van der Waals surface area contributed by atoms with Gasteiger partial charge in [0.1, 0.15) is 5.75 Å². The zero-order chi connectivity index (χ0) is 24.7. The number of allylic oxidation sites excluding steroid dienone is 1. The molecule has 1 amide bonds. The van der Waals surface area contributed by atoms with Gasteiger partial charge in [0, 0.05) is 36.3 Å². The van der Waals surface area contributed by atoms with E-state index in [1.165, 1.54) is 11.1 Å². The van der Waals surface area contributed by atoms with E-state index in [1.54, 1.807) is 7.11 Å². The summed E-state index contributed by atoms with van der Waals surface area (Å²) in [6.07, 6.45) is 3.12. The molecular formula is C31H36N2O2. The molecule has 1 aliphatic heterocycles. The molecule has 0 radical (unpaired) electrons. The third kappa shape index (κ3) is 5.59. The summed E-state index contributed by atoms with van der Waals surface area (Å²) in [5.41, 5.74) is 5.49. The van der Waals surface area contributed by atoms with Crippen molar-refractivity contribution < 1.29 is 9.53 Å². The van der Waals surface area contributed by atoms with E-state index in [4.69, 9.17) is 4.74 Å². The predicted molar refractivity (Wildman–Crippen MR) is 142 cm³/mol. The van der Waals surface area contributed by atoms with Crippen molar-refractivity contribution in [2.75, 3.05) is 20.2 Å². The number of hydrogen-bond acceptors (Lipinski definition) is 3. The zero-order valence-corrected chi connectivity index (χ0v) is 20.9. The Morgan fingerprint density at radius 3 is 2.37 bits per heavy atom. The highest BCUT2D eigenvalue weighted by Crippen LogP contribution is 2.40. The van der Waals surface area contributed by atoms with Crippen LogP contribution >= 0.6 is 0 Å². The summed E-state index contributed by atoms with van der Waals surface area (Å²) in [5, 5.41) is 3.60. The van der Waals surface area contributed by atoms with E-state index in [-0.39, 0.29) is 11.3 Å². The predicted octanol–water partition coefficient (Wildman–Crippen LogP) is 5.66. The number of para-hydroxylation sites is 1. The highest BCUT2D eigenvalue weighted by Gasteiger charge is 2.39. The number of methoxy groups -OCH3 is 1. The molecule has 4 nitrogen and oxygen atoms in total. The quantitative estimate of drug-likeness (QED) is 0.440. The summed E-state index contributed by atoms with van der Waals surface area (Å²) in [4.78, 5) is 15.2. The van der Waals surface area contributed by atoms with Crippen LogP contribution in [-0.4, -0.2) is 31.0 Å². The molecule has 1 fully saturated rings. The van der Waals surface area contributed by atoms with E-state index in [9.17, 15) is 4.79 Å². The summed E-state index contributed by atoms with van der Waals surface area (Å²) in [6.45, 7) is 8.73. The maximum atomic E-state index is 13.1. The average molecular weight is 469 g/mol. The van der Waals surface area contributed by atoms with E-state index < -0.39 is 0 Å². The molecule has 1 heterocycles. The van der Waals surface area contributed by atoms with Crippen LogP contribution in [0.3, 0.4) is 0 Å². The summed E-state index contributed by atoms with van der Waals surface area (Å²) in [5.74, 6) is 1.07. The van der Waals surface area contributed by atoms with Gasteiger partial charge in [0.2, 0.25) is 5.91 Å². The summed E-state index contributed by atoms with van der Waals surface area (Å²) >= 11 is 0. The van der Waals surface area contributed by atoms with E-state index in [0.29, 0.717) is 13.0 Å². The normalized spacial score (nSPS) is 14.9. The number of likely N-dealkylation sites (tertiary alicyclic amines) is 1. The average Bonchev–Trinajstić information content (AvgIpc) is 2.92. The molecule has 4 rings (SSSR count). The molecule has 0 saturated carbocycles. The molecule has 3 aromatic rings. The molecule has 0 bridgehead atoms. The van der Waals surface area contributed by atoms with Crippen molar-refractivity contribution in [2.24, 2.45) is 0 Å². The molecule has 1 saturated heterocycles. The van der Waals surface area contributed by atoms with Crippen molar-refractivity contribution in [1.29, 1.82) is 0 Å². The van der Waals surface area contributed by atoms with Gasteiger partial charge in [-0.2, -0.15) is 0 Å². The first-order valence-electron chi connectivity index (χ1n) is 12.5. The van der Waals surface area contributed by atoms with Crippen LogP contribution in [0.25, 0.3) is 0 Å². The number of piperidine rings is 1. The van der Waals surface area contributed by atoms with Crippen LogP contribution in [0.2, 0.25) is 0 Å². The van der Waals surface area contributed by atoms with Crippen LogP contribution in [0.15, 0.2) is 91.1 Å². The standard InChI is InChI=1S/C31H36N2O2/c1-4-25-11-10-12-26(21-25)22-30(34)33-19-17-31(18-20-33,28-14-6-5-7-15-28)24(2)32-23-27-13-8-9-16-29(27)35-3/h5-16,21,32H,2,4,17-20,22-23H2,1,3H3. The Morgan fingerprint density at radius 1 is 0.971 bits per heavy atom. The van der Waals surface area contributed by atoms with Gasteiger partial charge in [0.25, 0.3) is 0 Å². The maximum absolute atomic E-state index is 13.1. The molecule has 4 heteroatoms. The van der Waals surface area contributed by atoms with Crippen molar-refractivity contribution in [2.45, 2.75) is 44.6 Å². The maximum Gasteiger partial charge on any atom is 0.226 e. The van der Waals surface area contributed by atoms with Crippen molar-refractivity contribution in [1.82, 2.24) is 10.2 Å². The SMILES string of the molecule is C=C(NCc1ccccc1OC)C1(c2ccccc2)CCN(C(=O)Cc2cccc(CC)c2)CC1. The lowest BCUT2D eigenvalue weighted by Gasteiger charge is -2.44. The van der Waals surface area contributed by atoms with Gasteiger partial charge in [-0.15, -0.1) is 0 Å². The number of carbonyl (C=O) groups excluding carboxylic acids is 1. The Labute approximate surface area is 209 Å². The number of hydrogen-bond donors (Lipinski definition) is 1. The lowest BCUT2D eigenvalue weighted by atomic mass is 9.70. The van der Waals surface area contributed by atoms with E-state index in [0.717, 1.165) is 54.9 Å². The lowest BCUT2D eigenvalue weighted by molar-refractivity contribution is -0.131. The smallest absolute Gasteiger partial charge is 0.226 e. The van der Waals surface area contributed by atoms with Gasteiger partial charge >= 0.3 is 0 Å². The number of aryl methyl sites for hydroxylation is 1. The molecule has 0 aromatic heterocycles. The number of rotatable bonds is 9. The highest BCUT2D eigenvalue weighted by atomic mass is 16.5. The van der Waals surface area contributed by atoms with Gasteiger partial charge in [0.05, 0.1) is 13.5 Å². The number of nitrogens with one attached hydrogen (secondary N) is 1. The third-order valence-electron chi connectivity index (χ3n) is 7.31. The number of amides is 1. The second-order valence-corrected chi connectivity index (χ2v) is 9.32. The molecule has 3 aromatic carbocycles. The summed E-state index contributed by atoms with van der Waals surface area (Å²) in [7, 11) is 1.70. The highest BCUT2D eigenvalue weighted by molar-refractivity contribution is 5.79. The van der Waals surface area contributed by atoms with Crippen molar-refractivity contribution in [3.05, 3.63) is 113 Å². The number of benzene rings is 3. The molecular weight excluding hydrogens is 432 g/mol. The number of ether oxygens (including phenoxy) is 1. The fraction of sp³-hybridized carbons (Fsp3) is 0.323. The lowest BCUT2D eigenvalue weighted by Crippen LogP contribution is -2.48. The fourth-order valence-electron chi connectivity index (χ4n) is 5.13. The fourth-order valence-corrected chi connectivity index (χ4v) is 5.13. The van der Waals surface area contributed by atoms with Gasteiger partial charge in [-0.1, -0.05) is 86.3 Å².